The van der Waals surface area contributed by atoms with Gasteiger partial charge in [-0.05, 0) is 24.6 Å². The van der Waals surface area contributed by atoms with Gasteiger partial charge in [-0.3, -0.25) is 0 Å². The molecule has 0 saturated heterocycles. The van der Waals surface area contributed by atoms with Gasteiger partial charge in [0.2, 0.25) is 0 Å². The third-order valence-electron chi connectivity index (χ3n) is 2.32. The zero-order valence-corrected chi connectivity index (χ0v) is 9.05. The molecule has 1 rings (SSSR count). The fourth-order valence-corrected chi connectivity index (χ4v) is 1.45. The highest BCUT2D eigenvalue weighted by atomic mass is 14.8. The molecule has 0 heterocycles. The first-order chi connectivity index (χ1) is 6.93. The SMILES string of the molecule is CCCCCCNCc1cc[c]cc1. The fraction of sp³-hybridized carbons (Fsp3) is 0.538. The second kappa shape index (κ2) is 7.57. The van der Waals surface area contributed by atoms with Crippen molar-refractivity contribution in [2.75, 3.05) is 6.54 Å². The van der Waals surface area contributed by atoms with E-state index in [1.54, 1.807) is 0 Å². The third-order valence-corrected chi connectivity index (χ3v) is 2.32. The van der Waals surface area contributed by atoms with Crippen LogP contribution in [0.4, 0.5) is 0 Å². The van der Waals surface area contributed by atoms with E-state index >= 15 is 0 Å². The predicted molar refractivity (Wildman–Crippen MR) is 61.1 cm³/mol. The summed E-state index contributed by atoms with van der Waals surface area (Å²) in [5, 5.41) is 3.45. The van der Waals surface area contributed by atoms with Crippen molar-refractivity contribution < 1.29 is 0 Å². The minimum atomic E-state index is 0.987. The molecule has 1 aromatic rings. The van der Waals surface area contributed by atoms with Gasteiger partial charge in [-0.2, -0.15) is 0 Å². The van der Waals surface area contributed by atoms with Crippen LogP contribution < -0.4 is 5.32 Å². The van der Waals surface area contributed by atoms with Crippen LogP contribution in [0.3, 0.4) is 0 Å². The van der Waals surface area contributed by atoms with E-state index < -0.39 is 0 Å². The summed E-state index contributed by atoms with van der Waals surface area (Å²) < 4.78 is 0. The van der Waals surface area contributed by atoms with E-state index in [-0.39, 0.29) is 0 Å². The van der Waals surface area contributed by atoms with E-state index in [2.05, 4.69) is 30.4 Å². The molecule has 0 fully saturated rings. The van der Waals surface area contributed by atoms with Crippen molar-refractivity contribution >= 4 is 0 Å². The zero-order chi connectivity index (χ0) is 10.1. The predicted octanol–water partition coefficient (Wildman–Crippen LogP) is 3.16. The minimum absolute atomic E-state index is 0.987. The smallest absolute Gasteiger partial charge is 0.0205 e. The molecule has 1 nitrogen and oxygen atoms in total. The number of unbranched alkanes of at least 4 members (excludes halogenated alkanes) is 3. The van der Waals surface area contributed by atoms with E-state index in [0.717, 1.165) is 13.1 Å². The summed E-state index contributed by atoms with van der Waals surface area (Å²) in [7, 11) is 0. The Morgan fingerprint density at radius 2 is 1.93 bits per heavy atom. The van der Waals surface area contributed by atoms with Gasteiger partial charge < -0.3 is 5.32 Å². The summed E-state index contributed by atoms with van der Waals surface area (Å²) in [6, 6.07) is 11.2. The van der Waals surface area contributed by atoms with Gasteiger partial charge in [-0.25, -0.2) is 0 Å². The van der Waals surface area contributed by atoms with Crippen LogP contribution in [0.5, 0.6) is 0 Å². The largest absolute Gasteiger partial charge is 0.313 e. The van der Waals surface area contributed by atoms with Crippen molar-refractivity contribution in [1.82, 2.24) is 5.32 Å². The van der Waals surface area contributed by atoms with Crippen molar-refractivity contribution in [3.63, 3.8) is 0 Å². The molecular formula is C13H20N. The molecule has 0 unspecified atom stereocenters. The van der Waals surface area contributed by atoms with Crippen molar-refractivity contribution in [2.45, 2.75) is 39.2 Å². The molecule has 0 amide bonds. The van der Waals surface area contributed by atoms with Crippen LogP contribution in [-0.4, -0.2) is 6.54 Å². The molecule has 0 aromatic heterocycles. The quantitative estimate of drug-likeness (QED) is 0.651. The normalized spacial score (nSPS) is 10.4. The second-order valence-corrected chi connectivity index (χ2v) is 3.65. The molecule has 0 spiro atoms. The molecule has 1 N–H and O–H groups in total. The summed E-state index contributed by atoms with van der Waals surface area (Å²) in [5.41, 5.74) is 1.35. The monoisotopic (exact) mass is 190 g/mol. The highest BCUT2D eigenvalue weighted by Crippen LogP contribution is 1.99. The van der Waals surface area contributed by atoms with Gasteiger partial charge in [0.15, 0.2) is 0 Å². The Bertz CT molecular complexity index is 218. The Kier molecular flexibility index (Phi) is 6.09. The van der Waals surface area contributed by atoms with Gasteiger partial charge in [0.1, 0.15) is 0 Å². The lowest BCUT2D eigenvalue weighted by molar-refractivity contribution is 0.598. The van der Waals surface area contributed by atoms with E-state index in [1.807, 2.05) is 12.1 Å². The number of nitrogens with one attached hydrogen (secondary N) is 1. The Morgan fingerprint density at radius 3 is 2.64 bits per heavy atom. The molecule has 0 saturated carbocycles. The lowest BCUT2D eigenvalue weighted by Crippen LogP contribution is -2.14. The molecule has 1 heteroatoms. The van der Waals surface area contributed by atoms with Gasteiger partial charge in [0.05, 0.1) is 0 Å². The fourth-order valence-electron chi connectivity index (χ4n) is 1.45. The van der Waals surface area contributed by atoms with Crippen molar-refractivity contribution in [1.29, 1.82) is 0 Å². The van der Waals surface area contributed by atoms with Crippen molar-refractivity contribution in [2.24, 2.45) is 0 Å². The molecule has 77 valence electrons. The van der Waals surface area contributed by atoms with Crippen LogP contribution in [0, 0.1) is 6.07 Å². The molecule has 0 aliphatic heterocycles. The van der Waals surface area contributed by atoms with Crippen LogP contribution in [0.15, 0.2) is 24.3 Å². The Hall–Kier alpha value is -0.820. The molecular weight excluding hydrogens is 170 g/mol. The number of rotatable bonds is 7. The molecule has 14 heavy (non-hydrogen) atoms. The summed E-state index contributed by atoms with van der Waals surface area (Å²) in [5.74, 6) is 0. The Labute approximate surface area is 87.5 Å². The second-order valence-electron chi connectivity index (χ2n) is 3.65. The lowest BCUT2D eigenvalue weighted by Gasteiger charge is -2.03. The average Bonchev–Trinajstić information content (AvgIpc) is 2.25. The molecule has 0 aliphatic rings. The molecule has 0 aliphatic carbocycles. The molecule has 0 bridgehead atoms. The lowest BCUT2D eigenvalue weighted by atomic mass is 10.2. The Morgan fingerprint density at radius 1 is 1.14 bits per heavy atom. The zero-order valence-electron chi connectivity index (χ0n) is 9.05. The molecule has 1 aromatic carbocycles. The summed E-state index contributed by atoms with van der Waals surface area (Å²) in [6.45, 7) is 4.37. The third kappa shape index (κ3) is 5.03. The first-order valence-corrected chi connectivity index (χ1v) is 5.59. The van der Waals surface area contributed by atoms with E-state index in [4.69, 9.17) is 0 Å². The molecule has 1 radical (unpaired) electrons. The van der Waals surface area contributed by atoms with Crippen LogP contribution in [0.1, 0.15) is 38.2 Å². The highest BCUT2D eigenvalue weighted by Gasteiger charge is 1.90. The van der Waals surface area contributed by atoms with Gasteiger partial charge >= 0.3 is 0 Å². The van der Waals surface area contributed by atoms with Gasteiger partial charge in [-0.15, -0.1) is 0 Å². The number of hydrogen-bond acceptors (Lipinski definition) is 1. The average molecular weight is 190 g/mol. The minimum Gasteiger partial charge on any atom is -0.313 e. The highest BCUT2D eigenvalue weighted by molar-refractivity contribution is 5.13. The van der Waals surface area contributed by atoms with Gasteiger partial charge in [0, 0.05) is 6.54 Å². The van der Waals surface area contributed by atoms with Crippen LogP contribution >= 0.6 is 0 Å². The first-order valence-electron chi connectivity index (χ1n) is 5.59. The number of hydrogen-bond donors (Lipinski definition) is 1. The van der Waals surface area contributed by atoms with Crippen molar-refractivity contribution in [3.8, 4) is 0 Å². The maximum absolute atomic E-state index is 3.45. The van der Waals surface area contributed by atoms with Crippen LogP contribution in [0.25, 0.3) is 0 Å². The van der Waals surface area contributed by atoms with Crippen LogP contribution in [0.2, 0.25) is 0 Å². The summed E-state index contributed by atoms with van der Waals surface area (Å²) >= 11 is 0. The standard InChI is InChI=1S/C13H20N/c1-2-3-4-8-11-14-12-13-9-6-5-7-10-13/h6-7,9-10,14H,2-4,8,11-12H2,1H3. The number of benzene rings is 1. The molecule has 0 atom stereocenters. The van der Waals surface area contributed by atoms with Gasteiger partial charge in [-0.1, -0.05) is 50.5 Å². The first kappa shape index (κ1) is 11.3. The van der Waals surface area contributed by atoms with Crippen molar-refractivity contribution in [3.05, 3.63) is 35.9 Å². The maximum Gasteiger partial charge on any atom is 0.0205 e. The summed E-state index contributed by atoms with van der Waals surface area (Å²) in [4.78, 5) is 0. The maximum atomic E-state index is 3.45. The van der Waals surface area contributed by atoms with E-state index in [0.29, 0.717) is 0 Å². The van der Waals surface area contributed by atoms with E-state index in [1.165, 1.54) is 31.2 Å². The topological polar surface area (TPSA) is 12.0 Å². The Balaban J connectivity index is 1.99. The van der Waals surface area contributed by atoms with Gasteiger partial charge in [0.25, 0.3) is 0 Å². The van der Waals surface area contributed by atoms with E-state index in [9.17, 15) is 0 Å². The summed E-state index contributed by atoms with van der Waals surface area (Å²) in [6.07, 6.45) is 5.33. The van der Waals surface area contributed by atoms with Crippen LogP contribution in [-0.2, 0) is 6.54 Å².